The van der Waals surface area contributed by atoms with E-state index in [1.54, 1.807) is 31.2 Å². The molecule has 2 aromatic carbocycles. The zero-order chi connectivity index (χ0) is 15.4. The van der Waals surface area contributed by atoms with Crippen molar-refractivity contribution < 1.29 is 13.9 Å². The first-order valence-electron chi connectivity index (χ1n) is 6.57. The number of para-hydroxylation sites is 2. The van der Waals surface area contributed by atoms with Crippen molar-refractivity contribution in [3.63, 3.8) is 0 Å². The van der Waals surface area contributed by atoms with Crippen LogP contribution in [0, 0.1) is 5.82 Å². The maximum Gasteiger partial charge on any atom is 0.221 e. The minimum Gasteiger partial charge on any atom is -0.455 e. The van der Waals surface area contributed by atoms with Crippen LogP contribution in [0.2, 0.25) is 0 Å². The number of carbonyl (C=O) groups is 1. The Labute approximate surface area is 122 Å². The minimum atomic E-state index is -0.372. The molecule has 1 atom stereocenters. The number of ether oxygens (including phenoxy) is 1. The first kappa shape index (κ1) is 15.0. The molecule has 0 saturated carbocycles. The van der Waals surface area contributed by atoms with Crippen molar-refractivity contribution in [1.82, 2.24) is 0 Å². The van der Waals surface area contributed by atoms with Crippen molar-refractivity contribution >= 4 is 11.6 Å². The Bertz CT molecular complexity index is 656. The summed E-state index contributed by atoms with van der Waals surface area (Å²) >= 11 is 0. The van der Waals surface area contributed by atoms with Crippen LogP contribution >= 0.6 is 0 Å². The van der Waals surface area contributed by atoms with Gasteiger partial charge in [-0.2, -0.15) is 0 Å². The number of amides is 1. The topological polar surface area (TPSA) is 64.3 Å². The van der Waals surface area contributed by atoms with Crippen LogP contribution in [-0.2, 0) is 4.79 Å². The zero-order valence-corrected chi connectivity index (χ0v) is 11.9. The van der Waals surface area contributed by atoms with E-state index in [1.807, 2.05) is 0 Å². The lowest BCUT2D eigenvalue weighted by molar-refractivity contribution is -0.114. The SMILES string of the molecule is CC(=O)Nc1ccccc1Oc1ccc(F)cc1[C@@H](C)N. The third-order valence-electron chi connectivity index (χ3n) is 2.88. The first-order chi connectivity index (χ1) is 9.97. The number of hydrogen-bond acceptors (Lipinski definition) is 3. The highest BCUT2D eigenvalue weighted by atomic mass is 19.1. The van der Waals surface area contributed by atoms with E-state index in [0.29, 0.717) is 22.7 Å². The molecule has 2 rings (SSSR count). The van der Waals surface area contributed by atoms with Gasteiger partial charge < -0.3 is 15.8 Å². The van der Waals surface area contributed by atoms with Crippen molar-refractivity contribution in [2.45, 2.75) is 19.9 Å². The molecule has 0 aliphatic carbocycles. The molecule has 0 aliphatic heterocycles. The van der Waals surface area contributed by atoms with Crippen LogP contribution in [0.1, 0.15) is 25.5 Å². The highest BCUT2D eigenvalue weighted by molar-refractivity contribution is 5.90. The fourth-order valence-corrected chi connectivity index (χ4v) is 1.94. The van der Waals surface area contributed by atoms with Crippen molar-refractivity contribution in [2.24, 2.45) is 5.73 Å². The molecule has 0 fully saturated rings. The predicted octanol–water partition coefficient (Wildman–Crippen LogP) is 3.60. The Hall–Kier alpha value is -2.40. The molecule has 0 aliphatic rings. The van der Waals surface area contributed by atoms with Gasteiger partial charge >= 0.3 is 0 Å². The standard InChI is InChI=1S/C16H17FN2O2/c1-10(18)13-9-12(17)7-8-15(13)21-16-6-4-3-5-14(16)19-11(2)20/h3-10H,18H2,1-2H3,(H,19,20)/t10-/m1/s1. The van der Waals surface area contributed by atoms with Crippen molar-refractivity contribution in [1.29, 1.82) is 0 Å². The molecule has 3 N–H and O–H groups in total. The number of anilines is 1. The Kier molecular flexibility index (Phi) is 4.55. The van der Waals surface area contributed by atoms with E-state index in [-0.39, 0.29) is 17.8 Å². The van der Waals surface area contributed by atoms with Gasteiger partial charge in [0.25, 0.3) is 0 Å². The maximum absolute atomic E-state index is 13.3. The van der Waals surface area contributed by atoms with E-state index < -0.39 is 0 Å². The normalized spacial score (nSPS) is 11.8. The van der Waals surface area contributed by atoms with Crippen LogP contribution in [0.25, 0.3) is 0 Å². The van der Waals surface area contributed by atoms with Crippen LogP contribution in [0.3, 0.4) is 0 Å². The van der Waals surface area contributed by atoms with Crippen LogP contribution < -0.4 is 15.8 Å². The van der Waals surface area contributed by atoms with Gasteiger partial charge in [-0.05, 0) is 37.3 Å². The summed E-state index contributed by atoms with van der Waals surface area (Å²) < 4.78 is 19.1. The van der Waals surface area contributed by atoms with E-state index in [9.17, 15) is 9.18 Å². The molecule has 5 heteroatoms. The fourth-order valence-electron chi connectivity index (χ4n) is 1.94. The summed E-state index contributed by atoms with van der Waals surface area (Å²) in [4.78, 5) is 11.2. The maximum atomic E-state index is 13.3. The lowest BCUT2D eigenvalue weighted by atomic mass is 10.1. The Morgan fingerprint density at radius 2 is 1.95 bits per heavy atom. The zero-order valence-electron chi connectivity index (χ0n) is 11.9. The molecule has 110 valence electrons. The third-order valence-corrected chi connectivity index (χ3v) is 2.88. The van der Waals surface area contributed by atoms with E-state index in [2.05, 4.69) is 5.32 Å². The van der Waals surface area contributed by atoms with Gasteiger partial charge in [-0.25, -0.2) is 4.39 Å². The minimum absolute atomic E-state index is 0.197. The lowest BCUT2D eigenvalue weighted by Gasteiger charge is -2.16. The molecule has 0 heterocycles. The molecule has 0 aromatic heterocycles. The van der Waals surface area contributed by atoms with Gasteiger partial charge in [0.05, 0.1) is 5.69 Å². The Morgan fingerprint density at radius 1 is 1.24 bits per heavy atom. The van der Waals surface area contributed by atoms with Gasteiger partial charge in [-0.1, -0.05) is 12.1 Å². The summed E-state index contributed by atoms with van der Waals surface area (Å²) in [5.74, 6) is 0.368. The molecule has 0 unspecified atom stereocenters. The summed E-state index contributed by atoms with van der Waals surface area (Å²) in [6, 6.07) is 10.8. The highest BCUT2D eigenvalue weighted by Crippen LogP contribution is 2.33. The van der Waals surface area contributed by atoms with E-state index in [0.717, 1.165) is 0 Å². The number of hydrogen-bond donors (Lipinski definition) is 2. The third kappa shape index (κ3) is 3.79. The average molecular weight is 288 g/mol. The van der Waals surface area contributed by atoms with Gasteiger partial charge in [-0.15, -0.1) is 0 Å². The second-order valence-corrected chi connectivity index (χ2v) is 4.75. The van der Waals surface area contributed by atoms with Crippen molar-refractivity contribution in [3.05, 3.63) is 53.8 Å². The summed E-state index contributed by atoms with van der Waals surface area (Å²) in [7, 11) is 0. The molecule has 4 nitrogen and oxygen atoms in total. The van der Waals surface area contributed by atoms with Gasteiger partial charge in [0.1, 0.15) is 11.6 Å². The number of carbonyl (C=O) groups excluding carboxylic acids is 1. The van der Waals surface area contributed by atoms with Crippen LogP contribution in [0.5, 0.6) is 11.5 Å². The van der Waals surface area contributed by atoms with Gasteiger partial charge in [0.15, 0.2) is 5.75 Å². The number of nitrogens with one attached hydrogen (secondary N) is 1. The molecule has 0 bridgehead atoms. The molecule has 21 heavy (non-hydrogen) atoms. The highest BCUT2D eigenvalue weighted by Gasteiger charge is 2.12. The molecule has 0 saturated heterocycles. The largest absolute Gasteiger partial charge is 0.455 e. The van der Waals surface area contributed by atoms with Crippen LogP contribution in [-0.4, -0.2) is 5.91 Å². The number of rotatable bonds is 4. The lowest BCUT2D eigenvalue weighted by Crippen LogP contribution is -2.09. The van der Waals surface area contributed by atoms with E-state index in [4.69, 9.17) is 10.5 Å². The van der Waals surface area contributed by atoms with Crippen LogP contribution in [0.15, 0.2) is 42.5 Å². The van der Waals surface area contributed by atoms with Crippen LogP contribution in [0.4, 0.5) is 10.1 Å². The predicted molar refractivity (Wildman–Crippen MR) is 79.8 cm³/mol. The molecule has 0 radical (unpaired) electrons. The molecular weight excluding hydrogens is 271 g/mol. The summed E-state index contributed by atoms with van der Waals surface area (Å²) in [6.07, 6.45) is 0. The van der Waals surface area contributed by atoms with E-state index >= 15 is 0 Å². The van der Waals surface area contributed by atoms with E-state index in [1.165, 1.54) is 25.1 Å². The first-order valence-corrected chi connectivity index (χ1v) is 6.57. The summed E-state index contributed by atoms with van der Waals surface area (Å²) in [5, 5.41) is 2.68. The smallest absolute Gasteiger partial charge is 0.221 e. The van der Waals surface area contributed by atoms with Crippen molar-refractivity contribution in [2.75, 3.05) is 5.32 Å². The fraction of sp³-hybridized carbons (Fsp3) is 0.188. The number of benzene rings is 2. The average Bonchev–Trinajstić information content (AvgIpc) is 2.42. The molecule has 0 spiro atoms. The molecule has 1 amide bonds. The van der Waals surface area contributed by atoms with Gasteiger partial charge in [-0.3, -0.25) is 4.79 Å². The van der Waals surface area contributed by atoms with Gasteiger partial charge in [0.2, 0.25) is 5.91 Å². The second kappa shape index (κ2) is 6.37. The monoisotopic (exact) mass is 288 g/mol. The van der Waals surface area contributed by atoms with Crippen molar-refractivity contribution in [3.8, 4) is 11.5 Å². The number of nitrogens with two attached hydrogens (primary N) is 1. The Morgan fingerprint density at radius 3 is 2.62 bits per heavy atom. The Balaban J connectivity index is 2.36. The molecule has 2 aromatic rings. The second-order valence-electron chi connectivity index (χ2n) is 4.75. The van der Waals surface area contributed by atoms with Gasteiger partial charge in [0, 0.05) is 18.5 Å². The number of halogens is 1. The quantitative estimate of drug-likeness (QED) is 0.903. The summed E-state index contributed by atoms with van der Waals surface area (Å²) in [6.45, 7) is 3.17. The molecular formula is C16H17FN2O2. The summed E-state index contributed by atoms with van der Waals surface area (Å²) in [5.41, 5.74) is 6.95.